The second-order valence-corrected chi connectivity index (χ2v) is 2.91. The number of hydrogen-bond donors (Lipinski definition) is 1. The Morgan fingerprint density at radius 3 is 2.92 bits per heavy atom. The summed E-state index contributed by atoms with van der Waals surface area (Å²) in [5.41, 5.74) is 0. The number of aryl methyl sites for hydroxylation is 1. The quantitative estimate of drug-likeness (QED) is 0.724. The second kappa shape index (κ2) is 4.94. The van der Waals surface area contributed by atoms with Gasteiger partial charge in [0, 0.05) is 20.6 Å². The normalized spacial score (nSPS) is 13.2. The summed E-state index contributed by atoms with van der Waals surface area (Å²) in [6.07, 6.45) is 0.202. The Hall–Kier alpha value is -0.940. The summed E-state index contributed by atoms with van der Waals surface area (Å²) < 4.78 is 9.88. The highest BCUT2D eigenvalue weighted by atomic mass is 16.5. The van der Waals surface area contributed by atoms with Gasteiger partial charge < -0.3 is 14.6 Å². The fourth-order valence-corrected chi connectivity index (χ4v) is 0.884. The maximum atomic E-state index is 5.07. The fraction of sp³-hybridized carbons (Fsp3) is 0.750. The van der Waals surface area contributed by atoms with E-state index in [1.165, 1.54) is 0 Å². The first-order chi connectivity index (χ1) is 6.22. The Bertz CT molecular complexity index is 249. The van der Waals surface area contributed by atoms with Crippen LogP contribution in [0.1, 0.15) is 18.6 Å². The third-order valence-corrected chi connectivity index (χ3v) is 1.69. The van der Waals surface area contributed by atoms with Crippen LogP contribution in [0.2, 0.25) is 0 Å². The van der Waals surface area contributed by atoms with Crippen molar-refractivity contribution in [2.75, 3.05) is 13.7 Å². The molecule has 0 fully saturated rings. The lowest BCUT2D eigenvalue weighted by Crippen LogP contribution is -2.25. The Morgan fingerprint density at radius 2 is 2.38 bits per heavy atom. The van der Waals surface area contributed by atoms with Gasteiger partial charge in [-0.15, -0.1) is 0 Å². The van der Waals surface area contributed by atoms with E-state index in [1.54, 1.807) is 14.0 Å². The van der Waals surface area contributed by atoms with Crippen molar-refractivity contribution < 1.29 is 9.26 Å². The first-order valence-corrected chi connectivity index (χ1v) is 4.25. The van der Waals surface area contributed by atoms with Crippen LogP contribution >= 0.6 is 0 Å². The summed E-state index contributed by atoms with van der Waals surface area (Å²) in [7, 11) is 1.69. The lowest BCUT2D eigenvalue weighted by atomic mass is 10.4. The van der Waals surface area contributed by atoms with Gasteiger partial charge in [-0.3, -0.25) is 0 Å². The van der Waals surface area contributed by atoms with Crippen LogP contribution in [0.3, 0.4) is 0 Å². The van der Waals surface area contributed by atoms with Crippen molar-refractivity contribution in [2.45, 2.75) is 26.5 Å². The molecule has 5 heteroatoms. The molecule has 0 spiro atoms. The average molecular weight is 185 g/mol. The predicted octanol–water partition coefficient (Wildman–Crippen LogP) is 0.503. The van der Waals surface area contributed by atoms with Crippen molar-refractivity contribution >= 4 is 0 Å². The molecule has 0 aliphatic heterocycles. The van der Waals surface area contributed by atoms with E-state index >= 15 is 0 Å². The van der Waals surface area contributed by atoms with Gasteiger partial charge >= 0.3 is 0 Å². The zero-order valence-corrected chi connectivity index (χ0v) is 8.20. The maximum Gasteiger partial charge on any atom is 0.223 e. The molecule has 1 atom stereocenters. The van der Waals surface area contributed by atoms with Crippen LogP contribution < -0.4 is 5.32 Å². The molecule has 0 aromatic carbocycles. The van der Waals surface area contributed by atoms with Crippen LogP contribution in [0.5, 0.6) is 0 Å². The molecule has 0 saturated carbocycles. The first kappa shape index (κ1) is 10.1. The van der Waals surface area contributed by atoms with E-state index in [0.717, 1.165) is 6.54 Å². The van der Waals surface area contributed by atoms with Crippen LogP contribution in [-0.2, 0) is 11.3 Å². The highest BCUT2D eigenvalue weighted by Crippen LogP contribution is 1.94. The number of hydrogen-bond acceptors (Lipinski definition) is 5. The molecule has 1 rings (SSSR count). The molecule has 0 aliphatic carbocycles. The Balaban J connectivity index is 2.20. The summed E-state index contributed by atoms with van der Waals surface area (Å²) in [6, 6.07) is 0. The van der Waals surface area contributed by atoms with Crippen LogP contribution in [0.4, 0.5) is 0 Å². The predicted molar refractivity (Wildman–Crippen MR) is 47.2 cm³/mol. The molecule has 1 N–H and O–H groups in total. The van der Waals surface area contributed by atoms with Gasteiger partial charge in [-0.1, -0.05) is 5.16 Å². The minimum atomic E-state index is 0.202. The third-order valence-electron chi connectivity index (χ3n) is 1.69. The van der Waals surface area contributed by atoms with Crippen molar-refractivity contribution in [3.8, 4) is 0 Å². The Morgan fingerprint density at radius 1 is 1.62 bits per heavy atom. The van der Waals surface area contributed by atoms with Crippen molar-refractivity contribution in [3.63, 3.8) is 0 Å². The Labute approximate surface area is 77.5 Å². The number of nitrogens with zero attached hydrogens (tertiary/aromatic N) is 2. The number of ether oxygens (including phenoxy) is 1. The standard InChI is InChI=1S/C8H15N3O2/c1-6(12-3)4-9-5-8-10-7(2)13-11-8/h6,9H,4-5H2,1-3H3. The molecular weight excluding hydrogens is 170 g/mol. The van der Waals surface area contributed by atoms with Crippen LogP contribution in [0.15, 0.2) is 4.52 Å². The second-order valence-electron chi connectivity index (χ2n) is 2.91. The molecular formula is C8H15N3O2. The molecule has 5 nitrogen and oxygen atoms in total. The highest BCUT2D eigenvalue weighted by Gasteiger charge is 2.02. The van der Waals surface area contributed by atoms with E-state index in [-0.39, 0.29) is 6.10 Å². The van der Waals surface area contributed by atoms with Gasteiger partial charge in [0.15, 0.2) is 5.82 Å². The summed E-state index contributed by atoms with van der Waals surface area (Å²) >= 11 is 0. The molecule has 1 aromatic rings. The van der Waals surface area contributed by atoms with Crippen molar-refractivity contribution in [1.29, 1.82) is 0 Å². The van der Waals surface area contributed by atoms with Gasteiger partial charge in [0.1, 0.15) is 0 Å². The van der Waals surface area contributed by atoms with Gasteiger partial charge in [0.2, 0.25) is 5.89 Å². The Kier molecular flexibility index (Phi) is 3.85. The van der Waals surface area contributed by atoms with E-state index in [4.69, 9.17) is 9.26 Å². The lowest BCUT2D eigenvalue weighted by molar-refractivity contribution is 0.117. The number of methoxy groups -OCH3 is 1. The van der Waals surface area contributed by atoms with Crippen LogP contribution in [0.25, 0.3) is 0 Å². The van der Waals surface area contributed by atoms with Gasteiger partial charge in [0.25, 0.3) is 0 Å². The summed E-state index contributed by atoms with van der Waals surface area (Å²) in [5, 5.41) is 6.90. The maximum absolute atomic E-state index is 5.07. The summed E-state index contributed by atoms with van der Waals surface area (Å²) in [5.74, 6) is 1.28. The molecule has 74 valence electrons. The van der Waals surface area contributed by atoms with E-state index < -0.39 is 0 Å². The average Bonchev–Trinajstić information content (AvgIpc) is 2.51. The first-order valence-electron chi connectivity index (χ1n) is 4.25. The van der Waals surface area contributed by atoms with Gasteiger partial charge in [-0.05, 0) is 6.92 Å². The molecule has 0 radical (unpaired) electrons. The molecule has 0 amide bonds. The largest absolute Gasteiger partial charge is 0.380 e. The van der Waals surface area contributed by atoms with Crippen molar-refractivity contribution in [2.24, 2.45) is 0 Å². The molecule has 13 heavy (non-hydrogen) atoms. The molecule has 0 aliphatic rings. The lowest BCUT2D eigenvalue weighted by Gasteiger charge is -2.08. The SMILES string of the molecule is COC(C)CNCc1noc(C)n1. The minimum absolute atomic E-state index is 0.202. The zero-order chi connectivity index (χ0) is 9.68. The molecule has 1 aromatic heterocycles. The molecule has 1 unspecified atom stereocenters. The molecule has 0 saturated heterocycles. The zero-order valence-electron chi connectivity index (χ0n) is 8.20. The number of nitrogens with one attached hydrogen (secondary N) is 1. The summed E-state index contributed by atoms with van der Waals surface area (Å²) in [6.45, 7) is 5.16. The van der Waals surface area contributed by atoms with Crippen molar-refractivity contribution in [1.82, 2.24) is 15.5 Å². The number of rotatable bonds is 5. The van der Waals surface area contributed by atoms with E-state index in [9.17, 15) is 0 Å². The third kappa shape index (κ3) is 3.52. The van der Waals surface area contributed by atoms with E-state index in [0.29, 0.717) is 18.3 Å². The smallest absolute Gasteiger partial charge is 0.223 e. The number of aromatic nitrogens is 2. The molecule has 1 heterocycles. The van der Waals surface area contributed by atoms with Gasteiger partial charge in [-0.25, -0.2) is 0 Å². The summed E-state index contributed by atoms with van der Waals surface area (Å²) in [4.78, 5) is 4.05. The van der Waals surface area contributed by atoms with Crippen LogP contribution in [-0.4, -0.2) is 29.9 Å². The monoisotopic (exact) mass is 185 g/mol. The highest BCUT2D eigenvalue weighted by molar-refractivity contribution is 4.82. The van der Waals surface area contributed by atoms with E-state index in [2.05, 4.69) is 15.5 Å². The topological polar surface area (TPSA) is 60.2 Å². The van der Waals surface area contributed by atoms with Gasteiger partial charge in [-0.2, -0.15) is 4.98 Å². The molecule has 0 bridgehead atoms. The van der Waals surface area contributed by atoms with E-state index in [1.807, 2.05) is 6.92 Å². The van der Waals surface area contributed by atoms with Crippen LogP contribution in [0, 0.1) is 6.92 Å². The van der Waals surface area contributed by atoms with Gasteiger partial charge in [0.05, 0.1) is 12.6 Å². The van der Waals surface area contributed by atoms with Crippen molar-refractivity contribution in [3.05, 3.63) is 11.7 Å². The fourth-order valence-electron chi connectivity index (χ4n) is 0.884. The minimum Gasteiger partial charge on any atom is -0.380 e.